The van der Waals surface area contributed by atoms with Crippen LogP contribution in [-0.4, -0.2) is 69.4 Å². The lowest BCUT2D eigenvalue weighted by molar-refractivity contribution is 0.255. The second-order valence-electron chi connectivity index (χ2n) is 10.8. The van der Waals surface area contributed by atoms with E-state index in [-0.39, 0.29) is 36.5 Å². The molecule has 0 spiro atoms. The number of thiophene rings is 1. The molecule has 3 heterocycles. The number of halogens is 1. The summed E-state index contributed by atoms with van der Waals surface area (Å²) in [4.78, 5) is 7.63. The molecule has 4 aromatic rings. The molecule has 1 aliphatic heterocycles. The van der Waals surface area contributed by atoms with Crippen LogP contribution in [0, 0.1) is 11.7 Å². The largest absolute Gasteiger partial charge is 0.497 e. The van der Waals surface area contributed by atoms with Crippen molar-refractivity contribution >= 4 is 31.4 Å². The highest BCUT2D eigenvalue weighted by Crippen LogP contribution is 2.35. The number of methoxy groups -OCH3 is 1. The van der Waals surface area contributed by atoms with Gasteiger partial charge in [0.1, 0.15) is 11.6 Å². The van der Waals surface area contributed by atoms with E-state index in [1.54, 1.807) is 49.6 Å². The monoisotopic (exact) mass is 646 g/mol. The zero-order valence-corrected chi connectivity index (χ0v) is 26.7. The van der Waals surface area contributed by atoms with E-state index >= 15 is 0 Å². The van der Waals surface area contributed by atoms with E-state index in [1.807, 2.05) is 18.4 Å². The predicted molar refractivity (Wildman–Crippen MR) is 168 cm³/mol. The summed E-state index contributed by atoms with van der Waals surface area (Å²) in [7, 11) is -5.83. The average molecular weight is 647 g/mol. The standard InChI is InChI=1S/C30H35FN4O5S3/c1-21(23-6-10-25(31)11-7-23)34-17-15-22(19-34)20-43(38,39)32-16-14-27-29(24-8-12-26(40-2)13-9-24)35(42(3,36)37)30(33-27)28-5-4-18-41-28/h4-13,18,21-22,32H,14-17,19-20H2,1-3H3. The van der Waals surface area contributed by atoms with Gasteiger partial charge in [-0.3, -0.25) is 4.90 Å². The Kier molecular flexibility index (Phi) is 9.37. The molecule has 0 aliphatic carbocycles. The fourth-order valence-corrected chi connectivity index (χ4v) is 8.72. The predicted octanol–water partition coefficient (Wildman–Crippen LogP) is 4.78. The van der Waals surface area contributed by atoms with Crippen molar-refractivity contribution in [3.05, 3.63) is 83.1 Å². The molecule has 0 bridgehead atoms. The van der Waals surface area contributed by atoms with Crippen LogP contribution in [0.1, 0.15) is 30.6 Å². The number of hydrogen-bond donors (Lipinski definition) is 1. The van der Waals surface area contributed by atoms with Crippen molar-refractivity contribution in [2.45, 2.75) is 25.8 Å². The molecule has 2 aromatic carbocycles. The number of nitrogens with one attached hydrogen (secondary N) is 1. The first-order valence-electron chi connectivity index (χ1n) is 13.9. The number of hydrogen-bond acceptors (Lipinski definition) is 8. The first-order valence-corrected chi connectivity index (χ1v) is 18.3. The van der Waals surface area contributed by atoms with E-state index in [9.17, 15) is 21.2 Å². The number of aromatic nitrogens is 2. The number of imidazole rings is 1. The summed E-state index contributed by atoms with van der Waals surface area (Å²) in [5.41, 5.74) is 2.49. The van der Waals surface area contributed by atoms with E-state index < -0.39 is 20.0 Å². The molecule has 1 aliphatic rings. The summed E-state index contributed by atoms with van der Waals surface area (Å²) >= 11 is 1.38. The number of rotatable bonds is 12. The molecule has 9 nitrogen and oxygen atoms in total. The third-order valence-electron chi connectivity index (χ3n) is 7.70. The quantitative estimate of drug-likeness (QED) is 0.236. The van der Waals surface area contributed by atoms with Gasteiger partial charge in [-0.25, -0.2) is 34.9 Å². The van der Waals surface area contributed by atoms with Crippen molar-refractivity contribution in [3.8, 4) is 27.7 Å². The Morgan fingerprint density at radius 3 is 2.44 bits per heavy atom. The Hall–Kier alpha value is -3.10. The molecule has 5 rings (SSSR count). The second kappa shape index (κ2) is 12.9. The minimum atomic E-state index is -3.77. The van der Waals surface area contributed by atoms with Gasteiger partial charge < -0.3 is 4.74 Å². The smallest absolute Gasteiger partial charge is 0.237 e. The van der Waals surface area contributed by atoms with Crippen molar-refractivity contribution < 1.29 is 26.0 Å². The number of ether oxygens (including phenoxy) is 1. The molecule has 1 fully saturated rings. The van der Waals surface area contributed by atoms with Crippen LogP contribution in [0.5, 0.6) is 5.75 Å². The lowest BCUT2D eigenvalue weighted by Crippen LogP contribution is -2.33. The van der Waals surface area contributed by atoms with Gasteiger partial charge in [0.15, 0.2) is 5.82 Å². The maximum Gasteiger partial charge on any atom is 0.237 e. The first kappa shape index (κ1) is 31.3. The Morgan fingerprint density at radius 1 is 1.09 bits per heavy atom. The van der Waals surface area contributed by atoms with Gasteiger partial charge in [-0.05, 0) is 79.2 Å². The third kappa shape index (κ3) is 7.35. The number of nitrogens with zero attached hydrogens (tertiary/aromatic N) is 3. The molecule has 43 heavy (non-hydrogen) atoms. The molecule has 230 valence electrons. The molecule has 2 atom stereocenters. The lowest BCUT2D eigenvalue weighted by Gasteiger charge is -2.24. The minimum absolute atomic E-state index is 0.0107. The summed E-state index contributed by atoms with van der Waals surface area (Å²) in [5, 5.41) is 1.85. The molecule has 2 unspecified atom stereocenters. The normalized spacial score (nSPS) is 16.9. The molecule has 1 N–H and O–H groups in total. The number of sulfonamides is 1. The first-order chi connectivity index (χ1) is 20.4. The zero-order valence-electron chi connectivity index (χ0n) is 24.2. The van der Waals surface area contributed by atoms with Crippen LogP contribution < -0.4 is 9.46 Å². The summed E-state index contributed by atoms with van der Waals surface area (Å²) in [5.74, 6) is 0.588. The van der Waals surface area contributed by atoms with Crippen LogP contribution in [0.25, 0.3) is 22.0 Å². The van der Waals surface area contributed by atoms with E-state index in [0.717, 1.165) is 24.8 Å². The zero-order chi connectivity index (χ0) is 30.8. The molecule has 2 aromatic heterocycles. The van der Waals surface area contributed by atoms with Crippen LogP contribution in [0.15, 0.2) is 66.0 Å². The Bertz CT molecular complexity index is 1760. The van der Waals surface area contributed by atoms with Crippen LogP contribution >= 0.6 is 11.3 Å². The molecule has 1 saturated heterocycles. The average Bonchev–Trinajstić information content (AvgIpc) is 3.73. The Balaban J connectivity index is 1.31. The highest BCUT2D eigenvalue weighted by atomic mass is 32.2. The SMILES string of the molecule is COc1ccc(-c2c(CCNS(=O)(=O)CC3CCN(C(C)c4ccc(F)cc4)C3)nc(-c3cccs3)n2S(C)(=O)=O)cc1. The summed E-state index contributed by atoms with van der Waals surface area (Å²) in [6.07, 6.45) is 2.07. The van der Waals surface area contributed by atoms with Crippen LogP contribution in [0.2, 0.25) is 0 Å². The van der Waals surface area contributed by atoms with Crippen LogP contribution in [0.4, 0.5) is 4.39 Å². The second-order valence-corrected chi connectivity index (χ2v) is 15.4. The highest BCUT2D eigenvalue weighted by Gasteiger charge is 2.31. The van der Waals surface area contributed by atoms with Gasteiger partial charge in [-0.15, -0.1) is 11.3 Å². The minimum Gasteiger partial charge on any atom is -0.497 e. The van der Waals surface area contributed by atoms with Crippen molar-refractivity contribution in [2.24, 2.45) is 5.92 Å². The van der Waals surface area contributed by atoms with Crippen LogP contribution in [0.3, 0.4) is 0 Å². The molecular formula is C30H35FN4O5S3. The Labute approximate surface area is 256 Å². The maximum atomic E-state index is 13.3. The van der Waals surface area contributed by atoms with Crippen molar-refractivity contribution in [3.63, 3.8) is 0 Å². The topological polar surface area (TPSA) is 111 Å². The van der Waals surface area contributed by atoms with Gasteiger partial charge in [0.05, 0.1) is 35.4 Å². The number of benzene rings is 2. The van der Waals surface area contributed by atoms with E-state index in [1.165, 1.54) is 27.4 Å². The van der Waals surface area contributed by atoms with Gasteiger partial charge >= 0.3 is 0 Å². The van der Waals surface area contributed by atoms with Gasteiger partial charge in [-0.2, -0.15) is 0 Å². The molecule has 13 heteroatoms. The maximum absolute atomic E-state index is 13.3. The summed E-state index contributed by atoms with van der Waals surface area (Å²) in [6.45, 7) is 3.50. The number of likely N-dealkylation sites (tertiary alicyclic amines) is 1. The van der Waals surface area contributed by atoms with Gasteiger partial charge in [-0.1, -0.05) is 18.2 Å². The summed E-state index contributed by atoms with van der Waals surface area (Å²) < 4.78 is 74.9. The van der Waals surface area contributed by atoms with E-state index in [2.05, 4.69) is 9.62 Å². The van der Waals surface area contributed by atoms with E-state index in [0.29, 0.717) is 39.9 Å². The van der Waals surface area contributed by atoms with Crippen LogP contribution in [-0.2, 0) is 26.5 Å². The molecular weight excluding hydrogens is 612 g/mol. The Morgan fingerprint density at radius 2 is 1.81 bits per heavy atom. The van der Waals surface area contributed by atoms with Gasteiger partial charge in [0.25, 0.3) is 0 Å². The van der Waals surface area contributed by atoms with Crippen molar-refractivity contribution in [1.82, 2.24) is 18.6 Å². The van der Waals surface area contributed by atoms with Crippen molar-refractivity contribution in [1.29, 1.82) is 0 Å². The fraction of sp³-hybridized carbons (Fsp3) is 0.367. The lowest BCUT2D eigenvalue weighted by atomic mass is 10.1. The summed E-state index contributed by atoms with van der Waals surface area (Å²) in [6, 6.07) is 17.1. The molecule has 0 saturated carbocycles. The van der Waals surface area contributed by atoms with Crippen molar-refractivity contribution in [2.75, 3.05) is 38.8 Å². The van der Waals surface area contributed by atoms with E-state index in [4.69, 9.17) is 9.72 Å². The van der Waals surface area contributed by atoms with Gasteiger partial charge in [0.2, 0.25) is 20.0 Å². The molecule has 0 radical (unpaired) electrons. The third-order valence-corrected chi connectivity index (χ3v) is 11.1. The van der Waals surface area contributed by atoms with Gasteiger partial charge in [0, 0.05) is 31.1 Å². The molecule has 0 amide bonds. The highest BCUT2D eigenvalue weighted by molar-refractivity contribution is 7.89. The fourth-order valence-electron chi connectivity index (χ4n) is 5.54.